The maximum Gasteiger partial charge on any atom is 0.492 e. The Bertz CT molecular complexity index is 1430. The fraction of sp³-hybridized carbons (Fsp3) is 0.154. The van der Waals surface area contributed by atoms with Crippen LogP contribution in [0.4, 0.5) is 11.4 Å². The number of para-hydroxylation sites is 2. The molecule has 0 radical (unpaired) electrons. The fourth-order valence-corrected chi connectivity index (χ4v) is 5.16. The van der Waals surface area contributed by atoms with Crippen molar-refractivity contribution < 1.29 is 29.6 Å². The van der Waals surface area contributed by atoms with Crippen LogP contribution >= 0.6 is 54.5 Å². The number of nitrogens with one attached hydrogen (secondary N) is 2. The van der Waals surface area contributed by atoms with E-state index in [2.05, 4.69) is 74.9 Å². The van der Waals surface area contributed by atoms with Gasteiger partial charge in [-0.25, -0.2) is 9.97 Å². The van der Waals surface area contributed by atoms with Crippen LogP contribution < -0.4 is 25.4 Å². The lowest BCUT2D eigenvalue weighted by Gasteiger charge is -2.15. The van der Waals surface area contributed by atoms with Gasteiger partial charge in [0.1, 0.15) is 20.7 Å². The van der Waals surface area contributed by atoms with Gasteiger partial charge < -0.3 is 40.0 Å². The number of nitrogens with zero attached hydrogens (tertiary/aromatic N) is 2. The van der Waals surface area contributed by atoms with E-state index < -0.39 is 21.2 Å². The first-order chi connectivity index (χ1) is 20.0. The number of pyridine rings is 2. The quantitative estimate of drug-likeness (QED) is 0.0861. The van der Waals surface area contributed by atoms with Gasteiger partial charge in [0.2, 0.25) is 0 Å². The van der Waals surface area contributed by atoms with Gasteiger partial charge in [0.05, 0.1) is 38.0 Å². The van der Waals surface area contributed by atoms with E-state index in [0.29, 0.717) is 11.2 Å². The molecule has 0 saturated carbocycles. The molecule has 0 bridgehead atoms. The molecule has 2 heterocycles. The van der Waals surface area contributed by atoms with Gasteiger partial charge in [0.15, 0.2) is 0 Å². The van der Waals surface area contributed by atoms with Crippen molar-refractivity contribution >= 4 is 92.5 Å². The summed E-state index contributed by atoms with van der Waals surface area (Å²) in [6, 6.07) is 18.3. The number of benzene rings is 2. The van der Waals surface area contributed by atoms with Crippen LogP contribution in [0.25, 0.3) is 11.1 Å². The van der Waals surface area contributed by atoms with Crippen LogP contribution in [0, 0.1) is 3.57 Å². The van der Waals surface area contributed by atoms with E-state index in [-0.39, 0.29) is 0 Å². The lowest BCUT2D eigenvalue weighted by atomic mass is 9.80. The largest absolute Gasteiger partial charge is 0.497 e. The summed E-state index contributed by atoms with van der Waals surface area (Å²) >= 11 is 8.80. The highest BCUT2D eigenvalue weighted by atomic mass is 127. The molecule has 4 aromatic rings. The maximum absolute atomic E-state index is 9.49. The molecular formula is C26H30B3Br2IN4O6. The van der Waals surface area contributed by atoms with Crippen molar-refractivity contribution in [2.75, 3.05) is 24.7 Å². The molecule has 0 amide bonds. The monoisotopic (exact) mass is 812 g/mol. The third kappa shape index (κ3) is 11.7. The van der Waals surface area contributed by atoms with Gasteiger partial charge in [-0.2, -0.15) is 0 Å². The second-order valence-corrected chi connectivity index (χ2v) is 11.3. The number of rotatable bonds is 8. The van der Waals surface area contributed by atoms with Crippen molar-refractivity contribution in [1.82, 2.24) is 9.97 Å². The Hall–Kier alpha value is -2.34. The van der Waals surface area contributed by atoms with Crippen LogP contribution in [-0.2, 0) is 0 Å². The lowest BCUT2D eigenvalue weighted by Crippen LogP contribution is -2.30. The van der Waals surface area contributed by atoms with Gasteiger partial charge in [0, 0.05) is 20.2 Å². The van der Waals surface area contributed by atoms with E-state index in [0.717, 1.165) is 41.0 Å². The molecule has 0 atom stereocenters. The number of hydrogen-bond donors (Lipinski definition) is 6. The second-order valence-electron chi connectivity index (χ2n) is 8.50. The second kappa shape index (κ2) is 18.4. The Kier molecular flexibility index (Phi) is 15.7. The molecule has 2 aromatic heterocycles. The Balaban J connectivity index is 0.000000233. The molecule has 16 heteroatoms. The van der Waals surface area contributed by atoms with Gasteiger partial charge >= 0.3 is 21.2 Å². The number of anilines is 2. The minimum absolute atomic E-state index is 0.384. The van der Waals surface area contributed by atoms with Crippen molar-refractivity contribution in [3.05, 3.63) is 85.8 Å². The van der Waals surface area contributed by atoms with Crippen molar-refractivity contribution in [1.29, 1.82) is 0 Å². The molecule has 0 fully saturated rings. The topological polar surface area (TPSA) is 149 Å². The molecule has 0 aliphatic rings. The molecule has 0 aliphatic heterocycles. The maximum atomic E-state index is 9.49. The van der Waals surface area contributed by atoms with Gasteiger partial charge in [-0.1, -0.05) is 36.4 Å². The van der Waals surface area contributed by atoms with Gasteiger partial charge in [-0.3, -0.25) is 0 Å². The molecular weight excluding hydrogens is 783 g/mol. The highest BCUT2D eigenvalue weighted by molar-refractivity contribution is 14.1. The smallest absolute Gasteiger partial charge is 0.492 e. The zero-order valence-corrected chi connectivity index (χ0v) is 28.6. The highest BCUT2D eigenvalue weighted by Gasteiger charge is 2.15. The number of aromatic nitrogens is 2. The summed E-state index contributed by atoms with van der Waals surface area (Å²) in [6.07, 6.45) is 3.36. The molecule has 42 heavy (non-hydrogen) atoms. The zero-order chi connectivity index (χ0) is 31.2. The third-order valence-electron chi connectivity index (χ3n) is 5.23. The van der Waals surface area contributed by atoms with Crippen molar-refractivity contribution in [3.8, 4) is 22.6 Å². The van der Waals surface area contributed by atoms with E-state index in [1.165, 1.54) is 7.11 Å². The number of hydrogen-bond acceptors (Lipinski definition) is 10. The first-order valence-corrected chi connectivity index (χ1v) is 15.1. The summed E-state index contributed by atoms with van der Waals surface area (Å²) in [4.78, 5) is 8.21. The zero-order valence-electron chi connectivity index (χ0n) is 23.3. The molecule has 2 aromatic carbocycles. The standard InChI is InChI=1S/C13H14BBrN2O2.C7H9BO3.C6H7BBrIN2O/c1-14(18)17-11-8-16-13(15)7-10(11)9-5-3-4-6-12(9)19-2;1-11-7-5-3-2-4-6(7)8(9)10;1-7(12)11-5-3-10-6(8)2-4(5)9/h3-8,17-18H,1-2H3;2-5,9-10H,1H3;2-3,11-12H,1H3. The Morgan fingerprint density at radius 2 is 1.21 bits per heavy atom. The van der Waals surface area contributed by atoms with Crippen LogP contribution in [0.3, 0.4) is 0 Å². The first-order valence-electron chi connectivity index (χ1n) is 12.4. The van der Waals surface area contributed by atoms with Crippen LogP contribution in [0.15, 0.2) is 82.3 Å². The minimum Gasteiger partial charge on any atom is -0.497 e. The summed E-state index contributed by atoms with van der Waals surface area (Å²) in [5.74, 6) is 1.26. The van der Waals surface area contributed by atoms with Gasteiger partial charge in [-0.05, 0) is 92.4 Å². The normalized spacial score (nSPS) is 9.79. The van der Waals surface area contributed by atoms with Crippen LogP contribution in [0.1, 0.15) is 0 Å². The summed E-state index contributed by atoms with van der Waals surface area (Å²) in [6.45, 7) is 3.33. The average molecular weight is 814 g/mol. The van der Waals surface area contributed by atoms with Crippen LogP contribution in [0.5, 0.6) is 11.5 Å². The molecule has 6 N–H and O–H groups in total. The molecule has 0 aliphatic carbocycles. The van der Waals surface area contributed by atoms with E-state index in [1.54, 1.807) is 57.4 Å². The summed E-state index contributed by atoms with van der Waals surface area (Å²) in [5, 5.41) is 42.0. The summed E-state index contributed by atoms with van der Waals surface area (Å²) in [5.41, 5.74) is 3.84. The Morgan fingerprint density at radius 1 is 0.714 bits per heavy atom. The van der Waals surface area contributed by atoms with Crippen LogP contribution in [-0.4, -0.2) is 65.5 Å². The molecule has 0 saturated heterocycles. The van der Waals surface area contributed by atoms with Crippen molar-refractivity contribution in [2.45, 2.75) is 13.6 Å². The van der Waals surface area contributed by atoms with Gasteiger partial charge in [-0.15, -0.1) is 0 Å². The Morgan fingerprint density at radius 3 is 1.74 bits per heavy atom. The summed E-state index contributed by atoms with van der Waals surface area (Å²) < 4.78 is 12.8. The molecule has 4 rings (SSSR count). The minimum atomic E-state index is -1.47. The third-order valence-corrected chi connectivity index (χ3v) is 6.99. The molecule has 10 nitrogen and oxygen atoms in total. The molecule has 220 valence electrons. The predicted octanol–water partition coefficient (Wildman–Crippen LogP) is 4.39. The van der Waals surface area contributed by atoms with E-state index in [9.17, 15) is 5.02 Å². The predicted molar refractivity (Wildman–Crippen MR) is 186 cm³/mol. The first kappa shape index (κ1) is 35.9. The fourth-order valence-electron chi connectivity index (χ4n) is 3.48. The SMILES string of the molecule is CB(O)Nc1cnc(Br)cc1I.COc1ccccc1-c1cc(Br)ncc1NB(C)O.COc1ccccc1B(O)O. The highest BCUT2D eigenvalue weighted by Crippen LogP contribution is 2.35. The van der Waals surface area contributed by atoms with Crippen molar-refractivity contribution in [2.24, 2.45) is 0 Å². The van der Waals surface area contributed by atoms with Gasteiger partial charge in [0.25, 0.3) is 0 Å². The van der Waals surface area contributed by atoms with Crippen molar-refractivity contribution in [3.63, 3.8) is 0 Å². The summed E-state index contributed by atoms with van der Waals surface area (Å²) in [7, 11) is 0.446. The van der Waals surface area contributed by atoms with E-state index in [1.807, 2.05) is 36.4 Å². The van der Waals surface area contributed by atoms with E-state index >= 15 is 0 Å². The number of ether oxygens (including phenoxy) is 2. The van der Waals surface area contributed by atoms with E-state index in [4.69, 9.17) is 24.5 Å². The molecule has 0 spiro atoms. The van der Waals surface area contributed by atoms with Crippen LogP contribution in [0.2, 0.25) is 13.6 Å². The Labute approximate surface area is 277 Å². The lowest BCUT2D eigenvalue weighted by molar-refractivity contribution is 0.403. The average Bonchev–Trinajstić information content (AvgIpc) is 2.95. The number of halogens is 3. The molecule has 0 unspecified atom stereocenters. The number of methoxy groups -OCH3 is 2.